The van der Waals surface area contributed by atoms with Crippen molar-refractivity contribution in [3.8, 4) is 0 Å². The molecular formula is C16H21FN2O. The smallest absolute Gasteiger partial charge is 0.146 e. The molecule has 4 heteroatoms. The first-order chi connectivity index (χ1) is 9.67. The van der Waals surface area contributed by atoms with Gasteiger partial charge in [-0.3, -0.25) is 0 Å². The summed E-state index contributed by atoms with van der Waals surface area (Å²) >= 11 is 0. The summed E-state index contributed by atoms with van der Waals surface area (Å²) in [7, 11) is 1.88. The van der Waals surface area contributed by atoms with E-state index in [0.717, 1.165) is 11.3 Å². The van der Waals surface area contributed by atoms with E-state index in [2.05, 4.69) is 5.32 Å². The fourth-order valence-electron chi connectivity index (χ4n) is 2.31. The molecule has 0 saturated heterocycles. The van der Waals surface area contributed by atoms with Gasteiger partial charge < -0.3 is 14.6 Å². The molecule has 108 valence electrons. The standard InChI is InChI=1S/C16H21FN2O/c1-4-19(11-13-7-6-10-20-13)16-14(12(2)18-3)8-5-9-15(16)17/h5-10,12,18H,4,11H2,1-3H3. The molecule has 3 nitrogen and oxygen atoms in total. The highest BCUT2D eigenvalue weighted by Crippen LogP contribution is 2.30. The zero-order chi connectivity index (χ0) is 14.5. The van der Waals surface area contributed by atoms with Crippen LogP contribution in [0, 0.1) is 5.82 Å². The van der Waals surface area contributed by atoms with Crippen molar-refractivity contribution in [2.24, 2.45) is 0 Å². The van der Waals surface area contributed by atoms with E-state index in [0.29, 0.717) is 18.8 Å². The summed E-state index contributed by atoms with van der Waals surface area (Å²) in [6.45, 7) is 5.32. The van der Waals surface area contributed by atoms with Gasteiger partial charge in [0.1, 0.15) is 11.6 Å². The second kappa shape index (κ2) is 6.57. The van der Waals surface area contributed by atoms with Crippen molar-refractivity contribution in [2.45, 2.75) is 26.4 Å². The van der Waals surface area contributed by atoms with Crippen molar-refractivity contribution < 1.29 is 8.81 Å². The van der Waals surface area contributed by atoms with E-state index in [9.17, 15) is 4.39 Å². The van der Waals surface area contributed by atoms with Crippen LogP contribution in [0.5, 0.6) is 0 Å². The number of hydrogen-bond donors (Lipinski definition) is 1. The van der Waals surface area contributed by atoms with Gasteiger partial charge in [-0.05, 0) is 44.7 Å². The largest absolute Gasteiger partial charge is 0.467 e. The molecule has 1 heterocycles. The molecule has 1 unspecified atom stereocenters. The molecule has 0 radical (unpaired) electrons. The molecule has 0 spiro atoms. The Morgan fingerprint density at radius 1 is 1.30 bits per heavy atom. The summed E-state index contributed by atoms with van der Waals surface area (Å²) < 4.78 is 19.7. The number of anilines is 1. The van der Waals surface area contributed by atoms with Crippen LogP contribution in [0.1, 0.15) is 31.2 Å². The van der Waals surface area contributed by atoms with Crippen LogP contribution in [0.25, 0.3) is 0 Å². The minimum absolute atomic E-state index is 0.0892. The van der Waals surface area contributed by atoms with E-state index in [1.807, 2.05) is 44.0 Å². The maximum absolute atomic E-state index is 14.3. The average Bonchev–Trinajstić information content (AvgIpc) is 2.97. The molecule has 20 heavy (non-hydrogen) atoms. The number of para-hydroxylation sites is 1. The predicted molar refractivity (Wildman–Crippen MR) is 79.3 cm³/mol. The summed E-state index contributed by atoms with van der Waals surface area (Å²) in [6, 6.07) is 9.07. The molecule has 1 aromatic carbocycles. The molecule has 0 fully saturated rings. The van der Waals surface area contributed by atoms with E-state index in [-0.39, 0.29) is 11.9 Å². The number of nitrogens with one attached hydrogen (secondary N) is 1. The third-order valence-corrected chi connectivity index (χ3v) is 3.54. The molecule has 0 aliphatic carbocycles. The number of rotatable bonds is 6. The molecule has 2 rings (SSSR count). The normalized spacial score (nSPS) is 12.4. The Morgan fingerprint density at radius 2 is 2.10 bits per heavy atom. The zero-order valence-electron chi connectivity index (χ0n) is 12.2. The Bertz CT molecular complexity index is 539. The molecule has 1 atom stereocenters. The summed E-state index contributed by atoms with van der Waals surface area (Å²) in [5.41, 5.74) is 1.61. The van der Waals surface area contributed by atoms with E-state index >= 15 is 0 Å². The van der Waals surface area contributed by atoms with E-state index < -0.39 is 0 Å². The lowest BCUT2D eigenvalue weighted by molar-refractivity contribution is 0.500. The second-order valence-corrected chi connectivity index (χ2v) is 4.78. The van der Waals surface area contributed by atoms with Crippen LogP contribution in [0.3, 0.4) is 0 Å². The summed E-state index contributed by atoms with van der Waals surface area (Å²) in [5, 5.41) is 3.17. The predicted octanol–water partition coefficient (Wildman–Crippen LogP) is 3.73. The van der Waals surface area contributed by atoms with Crippen molar-refractivity contribution >= 4 is 5.69 Å². The van der Waals surface area contributed by atoms with Crippen LogP contribution in [-0.2, 0) is 6.54 Å². The van der Waals surface area contributed by atoms with Crippen LogP contribution >= 0.6 is 0 Å². The number of benzene rings is 1. The van der Waals surface area contributed by atoms with Gasteiger partial charge in [-0.25, -0.2) is 4.39 Å². The number of halogens is 1. The third-order valence-electron chi connectivity index (χ3n) is 3.54. The first kappa shape index (κ1) is 14.6. The van der Waals surface area contributed by atoms with Crippen molar-refractivity contribution in [1.82, 2.24) is 5.32 Å². The van der Waals surface area contributed by atoms with Gasteiger partial charge in [0, 0.05) is 12.6 Å². The first-order valence-corrected chi connectivity index (χ1v) is 6.90. The first-order valence-electron chi connectivity index (χ1n) is 6.90. The maximum Gasteiger partial charge on any atom is 0.146 e. The molecule has 1 aromatic heterocycles. The maximum atomic E-state index is 14.3. The minimum atomic E-state index is -0.196. The van der Waals surface area contributed by atoms with Gasteiger partial charge in [0.25, 0.3) is 0 Å². The number of hydrogen-bond acceptors (Lipinski definition) is 3. The highest BCUT2D eigenvalue weighted by molar-refractivity contribution is 5.56. The highest BCUT2D eigenvalue weighted by atomic mass is 19.1. The van der Waals surface area contributed by atoms with Gasteiger partial charge in [0.15, 0.2) is 0 Å². The Hall–Kier alpha value is -1.81. The highest BCUT2D eigenvalue weighted by Gasteiger charge is 2.19. The second-order valence-electron chi connectivity index (χ2n) is 4.78. The van der Waals surface area contributed by atoms with Crippen LogP contribution in [0.4, 0.5) is 10.1 Å². The molecule has 0 saturated carbocycles. The van der Waals surface area contributed by atoms with Gasteiger partial charge in [-0.15, -0.1) is 0 Å². The molecule has 0 aliphatic heterocycles. The summed E-state index contributed by atoms with van der Waals surface area (Å²) in [4.78, 5) is 2.00. The van der Waals surface area contributed by atoms with Gasteiger partial charge in [-0.1, -0.05) is 12.1 Å². The lowest BCUT2D eigenvalue weighted by Crippen LogP contribution is -2.26. The Balaban J connectivity index is 2.37. The fraction of sp³-hybridized carbons (Fsp3) is 0.375. The Morgan fingerprint density at radius 3 is 2.70 bits per heavy atom. The lowest BCUT2D eigenvalue weighted by Gasteiger charge is -2.27. The van der Waals surface area contributed by atoms with E-state index in [1.165, 1.54) is 6.07 Å². The van der Waals surface area contributed by atoms with Gasteiger partial charge >= 0.3 is 0 Å². The molecule has 1 N–H and O–H groups in total. The van der Waals surface area contributed by atoms with E-state index in [4.69, 9.17) is 4.42 Å². The van der Waals surface area contributed by atoms with Crippen molar-refractivity contribution in [3.05, 3.63) is 53.7 Å². The summed E-state index contributed by atoms with van der Waals surface area (Å²) in [6.07, 6.45) is 1.64. The molecule has 0 bridgehead atoms. The molecule has 0 amide bonds. The molecule has 0 aliphatic rings. The zero-order valence-corrected chi connectivity index (χ0v) is 12.2. The minimum Gasteiger partial charge on any atom is -0.467 e. The SMILES string of the molecule is CCN(Cc1ccco1)c1c(F)cccc1C(C)NC. The average molecular weight is 276 g/mol. The van der Waals surface area contributed by atoms with Gasteiger partial charge in [0.2, 0.25) is 0 Å². The number of nitrogens with zero attached hydrogens (tertiary/aromatic N) is 1. The van der Waals surface area contributed by atoms with Crippen molar-refractivity contribution in [2.75, 3.05) is 18.5 Å². The number of furan rings is 1. The third kappa shape index (κ3) is 3.02. The monoisotopic (exact) mass is 276 g/mol. The van der Waals surface area contributed by atoms with Crippen molar-refractivity contribution in [3.63, 3.8) is 0 Å². The van der Waals surface area contributed by atoms with Crippen LogP contribution < -0.4 is 10.2 Å². The summed E-state index contributed by atoms with van der Waals surface area (Å²) in [5.74, 6) is 0.635. The fourth-order valence-corrected chi connectivity index (χ4v) is 2.31. The van der Waals surface area contributed by atoms with Gasteiger partial charge in [0.05, 0.1) is 18.5 Å². The quantitative estimate of drug-likeness (QED) is 0.871. The van der Waals surface area contributed by atoms with Crippen molar-refractivity contribution in [1.29, 1.82) is 0 Å². The topological polar surface area (TPSA) is 28.4 Å². The molecular weight excluding hydrogens is 255 g/mol. The van der Waals surface area contributed by atoms with Crippen LogP contribution in [-0.4, -0.2) is 13.6 Å². The lowest BCUT2D eigenvalue weighted by atomic mass is 10.0. The van der Waals surface area contributed by atoms with Crippen LogP contribution in [0.15, 0.2) is 41.0 Å². The Kier molecular flexibility index (Phi) is 4.79. The van der Waals surface area contributed by atoms with E-state index in [1.54, 1.807) is 12.3 Å². The van der Waals surface area contributed by atoms with Crippen LogP contribution in [0.2, 0.25) is 0 Å². The molecule has 2 aromatic rings. The Labute approximate surface area is 119 Å². The van der Waals surface area contributed by atoms with Gasteiger partial charge in [-0.2, -0.15) is 0 Å².